The second-order valence-corrected chi connectivity index (χ2v) is 7.66. The van der Waals surface area contributed by atoms with Crippen molar-refractivity contribution in [2.24, 2.45) is 0 Å². The Kier molecular flexibility index (Phi) is 3.28. The van der Waals surface area contributed by atoms with Crippen molar-refractivity contribution < 1.29 is 9.90 Å². The fourth-order valence-electron chi connectivity index (χ4n) is 5.17. The zero-order chi connectivity index (χ0) is 14.6. The molecule has 0 aromatic rings. The second kappa shape index (κ2) is 4.93. The lowest BCUT2D eigenvalue weighted by molar-refractivity contribution is -0.151. The van der Waals surface area contributed by atoms with Crippen molar-refractivity contribution in [2.75, 3.05) is 32.7 Å². The van der Waals surface area contributed by atoms with E-state index in [0.29, 0.717) is 6.04 Å². The summed E-state index contributed by atoms with van der Waals surface area (Å²) in [6.07, 6.45) is 6.06. The molecule has 0 bridgehead atoms. The van der Waals surface area contributed by atoms with Crippen molar-refractivity contribution in [1.82, 2.24) is 14.7 Å². The summed E-state index contributed by atoms with van der Waals surface area (Å²) in [7, 11) is 0. The van der Waals surface area contributed by atoms with Crippen LogP contribution in [-0.4, -0.2) is 82.2 Å². The summed E-state index contributed by atoms with van der Waals surface area (Å²) in [5.74, 6) is 0.190. The highest BCUT2D eigenvalue weighted by Gasteiger charge is 2.57. The molecule has 3 saturated heterocycles. The van der Waals surface area contributed by atoms with Crippen LogP contribution in [0.5, 0.6) is 0 Å². The van der Waals surface area contributed by atoms with Gasteiger partial charge in [-0.15, -0.1) is 0 Å². The predicted octanol–water partition coefficient (Wildman–Crippen LogP) is 0.281. The van der Waals surface area contributed by atoms with Gasteiger partial charge in [0.05, 0.1) is 11.6 Å². The van der Waals surface area contributed by atoms with Crippen LogP contribution in [-0.2, 0) is 4.79 Å². The number of amides is 1. The molecule has 3 aliphatic heterocycles. The van der Waals surface area contributed by atoms with Gasteiger partial charge in [0.25, 0.3) is 0 Å². The summed E-state index contributed by atoms with van der Waals surface area (Å²) in [5, 5.41) is 10.1. The van der Waals surface area contributed by atoms with Crippen LogP contribution in [0.3, 0.4) is 0 Å². The highest BCUT2D eigenvalue weighted by atomic mass is 16.3. The number of piperazine rings is 1. The average Bonchev–Trinajstić information content (AvgIpc) is 3.02. The highest BCUT2D eigenvalue weighted by molar-refractivity contribution is 5.73. The number of carbonyl (C=O) groups is 1. The number of hydrogen-bond donors (Lipinski definition) is 1. The molecule has 5 heteroatoms. The Morgan fingerprint density at radius 2 is 1.81 bits per heavy atom. The number of likely N-dealkylation sites (tertiary alicyclic amines) is 1. The van der Waals surface area contributed by atoms with E-state index < -0.39 is 0 Å². The molecule has 1 N–H and O–H groups in total. The van der Waals surface area contributed by atoms with Crippen molar-refractivity contribution in [3.8, 4) is 0 Å². The van der Waals surface area contributed by atoms with Crippen molar-refractivity contribution in [2.45, 2.75) is 62.8 Å². The van der Waals surface area contributed by atoms with E-state index in [-0.39, 0.29) is 17.6 Å². The first-order valence-corrected chi connectivity index (χ1v) is 8.52. The first-order chi connectivity index (χ1) is 10.1. The van der Waals surface area contributed by atoms with Crippen molar-refractivity contribution >= 4 is 5.91 Å². The summed E-state index contributed by atoms with van der Waals surface area (Å²) in [6, 6.07) is 1.14. The van der Waals surface area contributed by atoms with Crippen LogP contribution < -0.4 is 0 Å². The predicted molar refractivity (Wildman–Crippen MR) is 79.9 cm³/mol. The molecule has 0 unspecified atom stereocenters. The Balaban J connectivity index is 1.51. The molecule has 5 nitrogen and oxygen atoms in total. The molecule has 1 aliphatic carbocycles. The SMILES string of the molecule is CC(=O)N1C[C@H]2C[C@@H](O)CN2C2(C1)CN(C1CCCC1)C2. The third kappa shape index (κ3) is 2.21. The van der Waals surface area contributed by atoms with Crippen LogP contribution in [0.1, 0.15) is 39.0 Å². The third-order valence-electron chi connectivity index (χ3n) is 6.20. The number of β-amino-alcohol motifs (C(OH)–C–C–N with tert-alkyl or cyclic N) is 1. The fourth-order valence-corrected chi connectivity index (χ4v) is 5.17. The molecular formula is C16H27N3O2. The summed E-state index contributed by atoms with van der Waals surface area (Å²) < 4.78 is 0. The van der Waals surface area contributed by atoms with Gasteiger partial charge in [-0.2, -0.15) is 0 Å². The smallest absolute Gasteiger partial charge is 0.219 e. The molecule has 1 spiro atoms. The van der Waals surface area contributed by atoms with Gasteiger partial charge < -0.3 is 10.0 Å². The molecule has 0 aromatic heterocycles. The molecule has 1 amide bonds. The van der Waals surface area contributed by atoms with Crippen molar-refractivity contribution in [3.63, 3.8) is 0 Å². The molecule has 21 heavy (non-hydrogen) atoms. The standard InChI is InChI=1S/C16H27N3O2/c1-12(20)17-7-14-6-15(21)8-19(14)16(9-17)10-18(11-16)13-4-2-3-5-13/h13-15,21H,2-11H2,1H3/t14-,15-/m1/s1. The van der Waals surface area contributed by atoms with E-state index in [9.17, 15) is 9.90 Å². The number of aliphatic hydroxyl groups is 1. The van der Waals surface area contributed by atoms with Crippen LogP contribution in [0.25, 0.3) is 0 Å². The van der Waals surface area contributed by atoms with E-state index in [1.807, 2.05) is 4.90 Å². The number of hydrogen-bond acceptors (Lipinski definition) is 4. The first kappa shape index (κ1) is 14.0. The maximum Gasteiger partial charge on any atom is 0.219 e. The number of nitrogens with zero attached hydrogens (tertiary/aromatic N) is 3. The molecule has 2 atom stereocenters. The zero-order valence-electron chi connectivity index (χ0n) is 13.0. The van der Waals surface area contributed by atoms with E-state index in [1.54, 1.807) is 6.92 Å². The monoisotopic (exact) mass is 293 g/mol. The lowest BCUT2D eigenvalue weighted by Gasteiger charge is -2.62. The van der Waals surface area contributed by atoms with Gasteiger partial charge in [-0.3, -0.25) is 14.6 Å². The van der Waals surface area contributed by atoms with Gasteiger partial charge in [-0.1, -0.05) is 12.8 Å². The van der Waals surface area contributed by atoms with E-state index >= 15 is 0 Å². The molecular weight excluding hydrogens is 266 g/mol. The normalized spacial score (nSPS) is 37.0. The summed E-state index contributed by atoms with van der Waals surface area (Å²) in [4.78, 5) is 19.0. The molecule has 0 radical (unpaired) electrons. The Labute approximate surface area is 126 Å². The van der Waals surface area contributed by atoms with Crippen LogP contribution in [0.2, 0.25) is 0 Å². The third-order valence-corrected chi connectivity index (χ3v) is 6.20. The molecule has 0 aromatic carbocycles. The van der Waals surface area contributed by atoms with Gasteiger partial charge in [0.2, 0.25) is 5.91 Å². The average molecular weight is 293 g/mol. The topological polar surface area (TPSA) is 47.0 Å². The number of fused-ring (bicyclic) bond motifs is 2. The number of rotatable bonds is 1. The largest absolute Gasteiger partial charge is 0.392 e. The fraction of sp³-hybridized carbons (Fsp3) is 0.938. The number of aliphatic hydroxyl groups excluding tert-OH is 1. The van der Waals surface area contributed by atoms with Gasteiger partial charge >= 0.3 is 0 Å². The molecule has 3 heterocycles. The molecule has 1 saturated carbocycles. The Morgan fingerprint density at radius 3 is 2.48 bits per heavy atom. The van der Waals surface area contributed by atoms with Gasteiger partial charge in [-0.25, -0.2) is 0 Å². The van der Waals surface area contributed by atoms with Gasteiger partial charge in [0.1, 0.15) is 0 Å². The zero-order valence-corrected chi connectivity index (χ0v) is 13.0. The van der Waals surface area contributed by atoms with Gasteiger partial charge in [0, 0.05) is 51.7 Å². The highest BCUT2D eigenvalue weighted by Crippen LogP contribution is 2.41. The maximum atomic E-state index is 11.9. The molecule has 118 valence electrons. The van der Waals surface area contributed by atoms with E-state index in [0.717, 1.165) is 45.2 Å². The summed E-state index contributed by atoms with van der Waals surface area (Å²) in [5.41, 5.74) is 0.120. The lowest BCUT2D eigenvalue weighted by Crippen LogP contribution is -2.79. The van der Waals surface area contributed by atoms with Crippen LogP contribution in [0, 0.1) is 0 Å². The van der Waals surface area contributed by atoms with Crippen LogP contribution in [0.4, 0.5) is 0 Å². The minimum Gasteiger partial charge on any atom is -0.392 e. The molecule has 4 fully saturated rings. The quantitative estimate of drug-likeness (QED) is 0.754. The van der Waals surface area contributed by atoms with Gasteiger partial charge in [-0.05, 0) is 19.3 Å². The van der Waals surface area contributed by atoms with Crippen molar-refractivity contribution in [1.29, 1.82) is 0 Å². The first-order valence-electron chi connectivity index (χ1n) is 8.52. The Morgan fingerprint density at radius 1 is 1.10 bits per heavy atom. The Bertz CT molecular complexity index is 429. The maximum absolute atomic E-state index is 11.9. The summed E-state index contributed by atoms with van der Waals surface area (Å²) in [6.45, 7) is 6.32. The van der Waals surface area contributed by atoms with Crippen LogP contribution >= 0.6 is 0 Å². The molecule has 4 rings (SSSR count). The van der Waals surface area contributed by atoms with E-state index in [2.05, 4.69) is 9.80 Å². The van der Waals surface area contributed by atoms with Crippen molar-refractivity contribution in [3.05, 3.63) is 0 Å². The number of carbonyl (C=O) groups excluding carboxylic acids is 1. The van der Waals surface area contributed by atoms with Gasteiger partial charge in [0.15, 0.2) is 0 Å². The van der Waals surface area contributed by atoms with E-state index in [1.165, 1.54) is 25.7 Å². The minimum atomic E-state index is -0.209. The van der Waals surface area contributed by atoms with Crippen LogP contribution in [0.15, 0.2) is 0 Å². The Hall–Kier alpha value is -0.650. The second-order valence-electron chi connectivity index (χ2n) is 7.66. The summed E-state index contributed by atoms with van der Waals surface area (Å²) >= 11 is 0. The van der Waals surface area contributed by atoms with E-state index in [4.69, 9.17) is 0 Å². The lowest BCUT2D eigenvalue weighted by atomic mass is 9.82. The minimum absolute atomic E-state index is 0.120. The molecule has 4 aliphatic rings.